The summed E-state index contributed by atoms with van der Waals surface area (Å²) in [7, 11) is 1.47. The summed E-state index contributed by atoms with van der Waals surface area (Å²) in [5.41, 5.74) is 0.542. The Bertz CT molecular complexity index is 567. The van der Waals surface area contributed by atoms with Gasteiger partial charge >= 0.3 is 0 Å². The molecule has 2 rings (SSSR count). The van der Waals surface area contributed by atoms with Crippen LogP contribution in [0.2, 0.25) is 0 Å². The van der Waals surface area contributed by atoms with Crippen molar-refractivity contribution in [3.8, 4) is 0 Å². The Hall–Kier alpha value is -2.31. The van der Waals surface area contributed by atoms with E-state index < -0.39 is 17.5 Å². The van der Waals surface area contributed by atoms with Gasteiger partial charge in [0, 0.05) is 32.5 Å². The highest BCUT2D eigenvalue weighted by Crippen LogP contribution is 2.09. The van der Waals surface area contributed by atoms with Gasteiger partial charge in [0.2, 0.25) is 5.91 Å². The van der Waals surface area contributed by atoms with E-state index in [1.807, 2.05) is 0 Å². The lowest BCUT2D eigenvalue weighted by atomic mass is 10.1. The summed E-state index contributed by atoms with van der Waals surface area (Å²) in [6, 6.07) is 3.04. The standard InChI is InChI=1S/C13H13F2N3O2/c1-18-12(19)3-2-11(17-18)13(20)16-7-8-4-9(14)6-10(15)5-8/h4-6H,2-3,7H2,1H3,(H,16,20). The number of rotatable bonds is 3. The molecule has 0 unspecified atom stereocenters. The second-order valence-corrected chi connectivity index (χ2v) is 4.42. The highest BCUT2D eigenvalue weighted by atomic mass is 19.1. The van der Waals surface area contributed by atoms with Gasteiger partial charge in [-0.25, -0.2) is 13.8 Å². The van der Waals surface area contributed by atoms with E-state index in [1.54, 1.807) is 0 Å². The van der Waals surface area contributed by atoms with E-state index in [0.29, 0.717) is 5.56 Å². The number of benzene rings is 1. The van der Waals surface area contributed by atoms with Crippen LogP contribution in [0.1, 0.15) is 18.4 Å². The molecule has 1 heterocycles. The summed E-state index contributed by atoms with van der Waals surface area (Å²) in [5.74, 6) is -2.01. The zero-order chi connectivity index (χ0) is 14.7. The topological polar surface area (TPSA) is 61.8 Å². The molecular formula is C13H13F2N3O2. The molecule has 20 heavy (non-hydrogen) atoms. The van der Waals surface area contributed by atoms with Gasteiger partial charge in [0.1, 0.15) is 17.3 Å². The zero-order valence-corrected chi connectivity index (χ0v) is 10.8. The van der Waals surface area contributed by atoms with Gasteiger partial charge in [-0.05, 0) is 17.7 Å². The molecule has 0 aliphatic carbocycles. The summed E-state index contributed by atoms with van der Waals surface area (Å²) in [6.07, 6.45) is 0.476. The van der Waals surface area contributed by atoms with Crippen LogP contribution < -0.4 is 5.32 Å². The van der Waals surface area contributed by atoms with Crippen molar-refractivity contribution in [1.82, 2.24) is 10.3 Å². The predicted molar refractivity (Wildman–Crippen MR) is 67.6 cm³/mol. The number of halogens is 2. The van der Waals surface area contributed by atoms with Crippen LogP contribution in [-0.4, -0.2) is 29.6 Å². The van der Waals surface area contributed by atoms with Crippen LogP contribution in [0, 0.1) is 11.6 Å². The molecular weight excluding hydrogens is 268 g/mol. The lowest BCUT2D eigenvalue weighted by Gasteiger charge is -2.18. The Kier molecular flexibility index (Phi) is 4.07. The van der Waals surface area contributed by atoms with Gasteiger partial charge < -0.3 is 5.32 Å². The molecule has 5 nitrogen and oxygen atoms in total. The van der Waals surface area contributed by atoms with E-state index in [2.05, 4.69) is 10.4 Å². The van der Waals surface area contributed by atoms with Crippen LogP contribution in [0.3, 0.4) is 0 Å². The molecule has 1 aliphatic rings. The lowest BCUT2D eigenvalue weighted by Crippen LogP contribution is -2.37. The second kappa shape index (κ2) is 5.77. The Morgan fingerprint density at radius 3 is 2.55 bits per heavy atom. The smallest absolute Gasteiger partial charge is 0.267 e. The molecule has 0 aromatic heterocycles. The van der Waals surface area contributed by atoms with Gasteiger partial charge in [-0.2, -0.15) is 5.10 Å². The maximum Gasteiger partial charge on any atom is 0.267 e. The summed E-state index contributed by atoms with van der Waals surface area (Å²) >= 11 is 0. The number of nitrogens with zero attached hydrogens (tertiary/aromatic N) is 2. The highest BCUT2D eigenvalue weighted by Gasteiger charge is 2.21. The molecule has 0 atom stereocenters. The fourth-order valence-corrected chi connectivity index (χ4v) is 1.83. The minimum atomic E-state index is -0.699. The van der Waals surface area contributed by atoms with Gasteiger partial charge in [0.05, 0.1) is 0 Å². The zero-order valence-electron chi connectivity index (χ0n) is 10.8. The third kappa shape index (κ3) is 3.37. The Morgan fingerprint density at radius 2 is 1.95 bits per heavy atom. The first-order valence-electron chi connectivity index (χ1n) is 6.03. The Labute approximate surface area is 114 Å². The third-order valence-electron chi connectivity index (χ3n) is 2.84. The minimum Gasteiger partial charge on any atom is -0.347 e. The van der Waals surface area contributed by atoms with Gasteiger partial charge in [0.15, 0.2) is 0 Å². The van der Waals surface area contributed by atoms with Crippen molar-refractivity contribution in [3.05, 3.63) is 35.4 Å². The second-order valence-electron chi connectivity index (χ2n) is 4.42. The summed E-state index contributed by atoms with van der Waals surface area (Å²) in [6.45, 7) is -0.00973. The summed E-state index contributed by atoms with van der Waals surface area (Å²) in [5, 5.41) is 7.48. The van der Waals surface area contributed by atoms with Gasteiger partial charge in [0.25, 0.3) is 5.91 Å². The fourth-order valence-electron chi connectivity index (χ4n) is 1.83. The van der Waals surface area contributed by atoms with E-state index in [4.69, 9.17) is 0 Å². The van der Waals surface area contributed by atoms with Gasteiger partial charge in [-0.3, -0.25) is 9.59 Å². The van der Waals surface area contributed by atoms with Crippen molar-refractivity contribution in [2.24, 2.45) is 5.10 Å². The predicted octanol–water partition coefficient (Wildman–Crippen LogP) is 1.19. The molecule has 0 fully saturated rings. The highest BCUT2D eigenvalue weighted by molar-refractivity contribution is 6.39. The molecule has 7 heteroatoms. The molecule has 1 N–H and O–H groups in total. The molecule has 2 amide bonds. The van der Waals surface area contributed by atoms with E-state index >= 15 is 0 Å². The maximum atomic E-state index is 13.0. The Morgan fingerprint density at radius 1 is 1.30 bits per heavy atom. The SMILES string of the molecule is CN1N=C(C(=O)NCc2cc(F)cc(F)c2)CCC1=O. The number of nitrogens with one attached hydrogen (secondary N) is 1. The number of hydrogen-bond acceptors (Lipinski definition) is 3. The molecule has 0 saturated carbocycles. The van der Waals surface area contributed by atoms with Crippen LogP contribution in [0.5, 0.6) is 0 Å². The first-order chi connectivity index (χ1) is 9.45. The van der Waals surface area contributed by atoms with E-state index in [0.717, 1.165) is 23.2 Å². The van der Waals surface area contributed by atoms with Crippen LogP contribution in [0.4, 0.5) is 8.78 Å². The summed E-state index contributed by atoms with van der Waals surface area (Å²) in [4.78, 5) is 23.0. The summed E-state index contributed by atoms with van der Waals surface area (Å²) < 4.78 is 26.0. The average molecular weight is 281 g/mol. The number of hydrogen-bond donors (Lipinski definition) is 1. The van der Waals surface area contributed by atoms with Crippen LogP contribution >= 0.6 is 0 Å². The molecule has 0 spiro atoms. The average Bonchev–Trinajstić information content (AvgIpc) is 2.38. The number of carbonyl (C=O) groups excluding carboxylic acids is 2. The fraction of sp³-hybridized carbons (Fsp3) is 0.308. The maximum absolute atomic E-state index is 13.0. The molecule has 1 aromatic rings. The van der Waals surface area contributed by atoms with Gasteiger partial charge in [-0.1, -0.05) is 0 Å². The van der Waals surface area contributed by atoms with E-state index in [1.165, 1.54) is 7.05 Å². The quantitative estimate of drug-likeness (QED) is 0.904. The van der Waals surface area contributed by atoms with E-state index in [-0.39, 0.29) is 31.0 Å². The van der Waals surface area contributed by atoms with Crippen molar-refractivity contribution in [1.29, 1.82) is 0 Å². The van der Waals surface area contributed by atoms with Crippen molar-refractivity contribution >= 4 is 17.5 Å². The molecule has 106 valence electrons. The van der Waals surface area contributed by atoms with E-state index in [9.17, 15) is 18.4 Å². The molecule has 0 bridgehead atoms. The molecule has 0 saturated heterocycles. The molecule has 1 aliphatic heterocycles. The normalized spacial score (nSPS) is 15.1. The first kappa shape index (κ1) is 14.1. The van der Waals surface area contributed by atoms with Crippen molar-refractivity contribution in [3.63, 3.8) is 0 Å². The van der Waals surface area contributed by atoms with Crippen molar-refractivity contribution in [2.75, 3.05) is 7.05 Å². The molecule has 1 aromatic carbocycles. The number of carbonyl (C=O) groups is 2. The van der Waals surface area contributed by atoms with Crippen LogP contribution in [-0.2, 0) is 16.1 Å². The minimum absolute atomic E-state index is 0.00973. The molecule has 0 radical (unpaired) electrons. The van der Waals surface area contributed by atoms with Gasteiger partial charge in [-0.15, -0.1) is 0 Å². The first-order valence-corrected chi connectivity index (χ1v) is 6.03. The van der Waals surface area contributed by atoms with Crippen LogP contribution in [0.25, 0.3) is 0 Å². The number of amides is 2. The Balaban J connectivity index is 1.99. The lowest BCUT2D eigenvalue weighted by molar-refractivity contribution is -0.130. The van der Waals surface area contributed by atoms with Crippen molar-refractivity contribution < 1.29 is 18.4 Å². The monoisotopic (exact) mass is 281 g/mol. The largest absolute Gasteiger partial charge is 0.347 e. The van der Waals surface area contributed by atoms with Crippen LogP contribution in [0.15, 0.2) is 23.3 Å². The third-order valence-corrected chi connectivity index (χ3v) is 2.84. The number of hydrazone groups is 1. The van der Waals surface area contributed by atoms with Crippen molar-refractivity contribution in [2.45, 2.75) is 19.4 Å².